The summed E-state index contributed by atoms with van der Waals surface area (Å²) in [6.07, 6.45) is 4.43. The second-order valence-electron chi connectivity index (χ2n) is 4.58. The maximum atomic E-state index is 9.58. The first-order valence-electron chi connectivity index (χ1n) is 5.04. The van der Waals surface area contributed by atoms with Gasteiger partial charge in [-0.05, 0) is 43.4 Å². The first kappa shape index (κ1) is 8.31. The summed E-state index contributed by atoms with van der Waals surface area (Å²) in [5.74, 6) is 2.28. The van der Waals surface area contributed by atoms with Gasteiger partial charge in [0.05, 0.1) is 6.10 Å². The fourth-order valence-corrected chi connectivity index (χ4v) is 3.02. The van der Waals surface area contributed by atoms with Gasteiger partial charge in [0.1, 0.15) is 0 Å². The lowest BCUT2D eigenvalue weighted by Gasteiger charge is -2.33. The zero-order valence-corrected chi connectivity index (χ0v) is 7.79. The van der Waals surface area contributed by atoms with Crippen LogP contribution in [0.1, 0.15) is 32.6 Å². The third-order valence-electron chi connectivity index (χ3n) is 3.75. The number of fused-ring (bicyclic) bond motifs is 1. The second kappa shape index (κ2) is 2.88. The molecule has 1 N–H and O–H groups in total. The predicted molar refractivity (Wildman–Crippen MR) is 49.8 cm³/mol. The minimum absolute atomic E-state index is 0.0979. The Morgan fingerprint density at radius 2 is 2.17 bits per heavy atom. The lowest BCUT2D eigenvalue weighted by Crippen LogP contribution is -2.28. The molecule has 0 aromatic heterocycles. The van der Waals surface area contributed by atoms with E-state index in [2.05, 4.69) is 13.5 Å². The molecule has 12 heavy (non-hydrogen) atoms. The summed E-state index contributed by atoms with van der Waals surface area (Å²) in [5, 5.41) is 9.58. The maximum absolute atomic E-state index is 9.58. The molecule has 0 aromatic rings. The summed E-state index contributed by atoms with van der Waals surface area (Å²) in [7, 11) is 0. The lowest BCUT2D eigenvalue weighted by atomic mass is 9.75. The Hall–Kier alpha value is -0.300. The van der Waals surface area contributed by atoms with Crippen LogP contribution in [0, 0.1) is 17.8 Å². The van der Waals surface area contributed by atoms with Crippen molar-refractivity contribution in [1.29, 1.82) is 0 Å². The highest BCUT2D eigenvalue weighted by molar-refractivity contribution is 5.11. The molecule has 0 spiro atoms. The Morgan fingerprint density at radius 1 is 1.42 bits per heavy atom. The molecule has 1 heteroatoms. The van der Waals surface area contributed by atoms with Crippen LogP contribution in [0.25, 0.3) is 0 Å². The molecule has 0 unspecified atom stereocenters. The summed E-state index contributed by atoms with van der Waals surface area (Å²) in [4.78, 5) is 0. The fourth-order valence-electron chi connectivity index (χ4n) is 3.02. The van der Waals surface area contributed by atoms with Crippen molar-refractivity contribution in [1.82, 2.24) is 0 Å². The second-order valence-corrected chi connectivity index (χ2v) is 4.58. The van der Waals surface area contributed by atoms with E-state index >= 15 is 0 Å². The van der Waals surface area contributed by atoms with Gasteiger partial charge in [0, 0.05) is 0 Å². The average Bonchev–Trinajstić information content (AvgIpc) is 2.33. The molecular weight excluding hydrogens is 148 g/mol. The van der Waals surface area contributed by atoms with Crippen molar-refractivity contribution in [3.05, 3.63) is 12.2 Å². The summed E-state index contributed by atoms with van der Waals surface area (Å²) in [5.41, 5.74) is 1.31. The van der Waals surface area contributed by atoms with Gasteiger partial charge < -0.3 is 5.11 Å². The molecule has 2 saturated carbocycles. The lowest BCUT2D eigenvalue weighted by molar-refractivity contribution is 0.0981. The van der Waals surface area contributed by atoms with Gasteiger partial charge in [-0.15, -0.1) is 0 Å². The van der Waals surface area contributed by atoms with E-state index in [1.165, 1.54) is 18.4 Å². The van der Waals surface area contributed by atoms with E-state index < -0.39 is 0 Å². The number of aliphatic hydroxyl groups excluding tert-OH is 1. The Kier molecular flexibility index (Phi) is 1.99. The Balaban J connectivity index is 2.14. The van der Waals surface area contributed by atoms with Crippen molar-refractivity contribution in [3.63, 3.8) is 0 Å². The van der Waals surface area contributed by atoms with Crippen molar-refractivity contribution in [2.45, 2.75) is 38.7 Å². The third kappa shape index (κ3) is 1.20. The molecule has 68 valence electrons. The van der Waals surface area contributed by atoms with Crippen LogP contribution in [-0.2, 0) is 0 Å². The molecule has 0 aliphatic heterocycles. The van der Waals surface area contributed by atoms with Gasteiger partial charge in [-0.25, -0.2) is 0 Å². The monoisotopic (exact) mass is 166 g/mol. The van der Waals surface area contributed by atoms with E-state index in [-0.39, 0.29) is 6.10 Å². The van der Waals surface area contributed by atoms with Crippen molar-refractivity contribution in [2.75, 3.05) is 0 Å². The van der Waals surface area contributed by atoms with Gasteiger partial charge in [-0.2, -0.15) is 0 Å². The van der Waals surface area contributed by atoms with Crippen molar-refractivity contribution < 1.29 is 5.11 Å². The molecular formula is C11H18O. The minimum Gasteiger partial charge on any atom is -0.393 e. The summed E-state index contributed by atoms with van der Waals surface area (Å²) in [6, 6.07) is 0. The highest BCUT2D eigenvalue weighted by Crippen LogP contribution is 2.47. The molecule has 0 saturated heterocycles. The van der Waals surface area contributed by atoms with Gasteiger partial charge >= 0.3 is 0 Å². The zero-order chi connectivity index (χ0) is 8.72. The Morgan fingerprint density at radius 3 is 2.92 bits per heavy atom. The largest absolute Gasteiger partial charge is 0.393 e. The third-order valence-corrected chi connectivity index (χ3v) is 3.75. The van der Waals surface area contributed by atoms with Gasteiger partial charge in [-0.1, -0.05) is 19.1 Å². The topological polar surface area (TPSA) is 20.2 Å². The van der Waals surface area contributed by atoms with Crippen LogP contribution in [0.2, 0.25) is 0 Å². The molecule has 1 nitrogen and oxygen atoms in total. The van der Waals surface area contributed by atoms with Gasteiger partial charge in [0.25, 0.3) is 0 Å². The highest BCUT2D eigenvalue weighted by Gasteiger charge is 2.39. The molecule has 0 radical (unpaired) electrons. The van der Waals surface area contributed by atoms with Gasteiger partial charge in [0.2, 0.25) is 0 Å². The molecule has 2 aliphatic rings. The van der Waals surface area contributed by atoms with Crippen molar-refractivity contribution in [3.8, 4) is 0 Å². The molecule has 0 aromatic carbocycles. The standard InChI is InChI=1S/C11H18O/c1-7-3-4-10-8(2)5-9(12)6-11(7)10/h7,9-12H,2-6H2,1H3/t7-,9-,10+,11-/m0/s1. The molecule has 4 atom stereocenters. The van der Waals surface area contributed by atoms with E-state index in [9.17, 15) is 5.11 Å². The fraction of sp³-hybridized carbons (Fsp3) is 0.818. The molecule has 2 aliphatic carbocycles. The number of hydrogen-bond acceptors (Lipinski definition) is 1. The Bertz CT molecular complexity index is 197. The molecule has 2 fully saturated rings. The summed E-state index contributed by atoms with van der Waals surface area (Å²) >= 11 is 0. The van der Waals surface area contributed by atoms with Crippen molar-refractivity contribution in [2.24, 2.45) is 17.8 Å². The number of hydrogen-bond donors (Lipinski definition) is 1. The van der Waals surface area contributed by atoms with Crippen LogP contribution in [0.4, 0.5) is 0 Å². The Labute approximate surface area is 74.5 Å². The van der Waals surface area contributed by atoms with E-state index in [0.29, 0.717) is 0 Å². The average molecular weight is 166 g/mol. The number of rotatable bonds is 0. The van der Waals surface area contributed by atoms with Crippen LogP contribution in [0.15, 0.2) is 12.2 Å². The van der Waals surface area contributed by atoms with E-state index in [0.717, 1.165) is 30.6 Å². The van der Waals surface area contributed by atoms with Crippen molar-refractivity contribution >= 4 is 0 Å². The SMILES string of the molecule is C=C1C[C@H](O)C[C@@H]2[C@@H]1CC[C@@H]2C. The highest BCUT2D eigenvalue weighted by atomic mass is 16.3. The van der Waals surface area contributed by atoms with E-state index in [1.807, 2.05) is 0 Å². The predicted octanol–water partition coefficient (Wildman–Crippen LogP) is 2.36. The molecule has 0 heterocycles. The molecule has 0 bridgehead atoms. The van der Waals surface area contributed by atoms with Crippen LogP contribution in [0.3, 0.4) is 0 Å². The van der Waals surface area contributed by atoms with E-state index in [1.54, 1.807) is 0 Å². The summed E-state index contributed by atoms with van der Waals surface area (Å²) < 4.78 is 0. The van der Waals surface area contributed by atoms with E-state index in [4.69, 9.17) is 0 Å². The molecule has 2 rings (SSSR count). The van der Waals surface area contributed by atoms with Crippen LogP contribution in [-0.4, -0.2) is 11.2 Å². The quantitative estimate of drug-likeness (QED) is 0.548. The summed E-state index contributed by atoms with van der Waals surface area (Å²) in [6.45, 7) is 6.40. The maximum Gasteiger partial charge on any atom is 0.0580 e. The normalized spacial score (nSPS) is 47.7. The first-order chi connectivity index (χ1) is 5.68. The van der Waals surface area contributed by atoms with Crippen LogP contribution >= 0.6 is 0 Å². The molecule has 0 amide bonds. The number of aliphatic hydroxyl groups is 1. The smallest absolute Gasteiger partial charge is 0.0580 e. The van der Waals surface area contributed by atoms with Crippen LogP contribution < -0.4 is 0 Å². The minimum atomic E-state index is -0.0979. The zero-order valence-electron chi connectivity index (χ0n) is 7.79. The van der Waals surface area contributed by atoms with Crippen LogP contribution in [0.5, 0.6) is 0 Å². The van der Waals surface area contributed by atoms with Gasteiger partial charge in [0.15, 0.2) is 0 Å². The van der Waals surface area contributed by atoms with Gasteiger partial charge in [-0.3, -0.25) is 0 Å². The first-order valence-corrected chi connectivity index (χ1v) is 5.04.